The minimum atomic E-state index is -2.47. The van der Waals surface area contributed by atoms with Gasteiger partial charge in [-0.1, -0.05) is 29.8 Å². The quantitative estimate of drug-likeness (QED) is 0.254. The van der Waals surface area contributed by atoms with Gasteiger partial charge in [-0.05, 0) is 67.5 Å². The van der Waals surface area contributed by atoms with Gasteiger partial charge in [0.05, 0.1) is 6.61 Å². The van der Waals surface area contributed by atoms with Crippen molar-refractivity contribution in [3.8, 4) is 5.75 Å². The van der Waals surface area contributed by atoms with Gasteiger partial charge in [0, 0.05) is 45.4 Å². The van der Waals surface area contributed by atoms with Crippen LogP contribution in [0, 0.1) is 0 Å². The van der Waals surface area contributed by atoms with Crippen LogP contribution in [0.1, 0.15) is 70.1 Å². The van der Waals surface area contributed by atoms with Gasteiger partial charge in [0.25, 0.3) is 0 Å². The topological polar surface area (TPSA) is 153 Å². The zero-order chi connectivity index (χ0) is 34.4. The number of hydrogen-bond acceptors (Lipinski definition) is 12. The first-order valence-corrected chi connectivity index (χ1v) is 15.7. The standard InChI is InChI=1S/C34H41ClO12/c1-20(36)42-18-29-30(43-21(2)37)31(44-22(3)38)32(45-23(4)39)34(40,47-29)26-10-13-28(35)25(17-26)16-24-8-11-27(12-9-24)46-33(19-41-5)14-6-7-15-33/h8-13,17,29-32,40H,6-7,14-16,18-19H2,1-5H3/t29-,30-,31+,32-,34+/m1/s1. The van der Waals surface area contributed by atoms with Crippen molar-refractivity contribution in [1.29, 1.82) is 0 Å². The van der Waals surface area contributed by atoms with Crippen molar-refractivity contribution in [2.24, 2.45) is 0 Å². The number of carbonyl (C=O) groups is 4. The van der Waals surface area contributed by atoms with Crippen LogP contribution < -0.4 is 4.74 Å². The lowest BCUT2D eigenvalue weighted by Gasteiger charge is -2.48. The summed E-state index contributed by atoms with van der Waals surface area (Å²) < 4.78 is 39.4. The molecule has 2 aromatic rings. The van der Waals surface area contributed by atoms with Crippen molar-refractivity contribution in [3.63, 3.8) is 0 Å². The SMILES string of the molecule is COCC1(Oc2ccc(Cc3cc([C@]4(O)O[C@H](COC(C)=O)[C@@H](OC(C)=O)[C@H](OC(C)=O)[C@H]4OC(C)=O)ccc3Cl)cc2)CCCC1. The average molecular weight is 677 g/mol. The molecule has 2 aliphatic rings. The molecule has 0 aromatic heterocycles. The van der Waals surface area contributed by atoms with Gasteiger partial charge < -0.3 is 38.3 Å². The van der Waals surface area contributed by atoms with Gasteiger partial charge in [-0.2, -0.15) is 0 Å². The lowest BCUT2D eigenvalue weighted by atomic mass is 9.86. The van der Waals surface area contributed by atoms with Crippen molar-refractivity contribution in [2.45, 2.75) is 95.6 Å². The zero-order valence-electron chi connectivity index (χ0n) is 27.1. The molecule has 2 fully saturated rings. The zero-order valence-corrected chi connectivity index (χ0v) is 27.9. The van der Waals surface area contributed by atoms with E-state index in [9.17, 15) is 24.3 Å². The maximum atomic E-state index is 12.3. The number of aliphatic hydroxyl groups is 1. The number of rotatable bonds is 12. The number of ether oxygens (including phenoxy) is 7. The fourth-order valence-corrected chi connectivity index (χ4v) is 6.33. The molecule has 256 valence electrons. The molecule has 1 saturated heterocycles. The van der Waals surface area contributed by atoms with E-state index in [2.05, 4.69) is 0 Å². The fourth-order valence-electron chi connectivity index (χ4n) is 6.15. The van der Waals surface area contributed by atoms with Gasteiger partial charge in [-0.15, -0.1) is 0 Å². The van der Waals surface area contributed by atoms with Crippen LogP contribution in [0.15, 0.2) is 42.5 Å². The van der Waals surface area contributed by atoms with Crippen LogP contribution in [-0.2, 0) is 59.8 Å². The number of carbonyl (C=O) groups excluding carboxylic acids is 4. The molecule has 12 nitrogen and oxygen atoms in total. The first-order valence-electron chi connectivity index (χ1n) is 15.4. The van der Waals surface area contributed by atoms with Crippen LogP contribution >= 0.6 is 11.6 Å². The predicted molar refractivity (Wildman–Crippen MR) is 166 cm³/mol. The molecule has 2 aromatic carbocycles. The molecule has 0 radical (unpaired) electrons. The van der Waals surface area contributed by atoms with Crippen LogP contribution in [0.3, 0.4) is 0 Å². The Kier molecular flexibility index (Phi) is 11.9. The van der Waals surface area contributed by atoms with Crippen LogP contribution in [0.4, 0.5) is 0 Å². The van der Waals surface area contributed by atoms with Crippen molar-refractivity contribution < 1.29 is 57.4 Å². The number of methoxy groups -OCH3 is 1. The Balaban J connectivity index is 1.68. The summed E-state index contributed by atoms with van der Waals surface area (Å²) in [7, 11) is 1.67. The first kappa shape index (κ1) is 36.1. The van der Waals surface area contributed by atoms with E-state index in [0.29, 0.717) is 23.6 Å². The second-order valence-electron chi connectivity index (χ2n) is 11.9. The largest absolute Gasteiger partial charge is 0.485 e. The third-order valence-electron chi connectivity index (χ3n) is 8.09. The van der Waals surface area contributed by atoms with E-state index in [1.165, 1.54) is 6.07 Å². The molecular formula is C34H41ClO12. The summed E-state index contributed by atoms with van der Waals surface area (Å²) in [5.74, 6) is -4.86. The molecule has 1 aliphatic carbocycles. The highest BCUT2D eigenvalue weighted by Crippen LogP contribution is 2.42. The van der Waals surface area contributed by atoms with E-state index in [4.69, 9.17) is 44.8 Å². The number of hydrogen-bond donors (Lipinski definition) is 1. The molecule has 0 spiro atoms. The summed E-state index contributed by atoms with van der Waals surface area (Å²) in [4.78, 5) is 48.3. The molecule has 1 N–H and O–H groups in total. The highest BCUT2D eigenvalue weighted by atomic mass is 35.5. The molecule has 47 heavy (non-hydrogen) atoms. The Hall–Kier alpha value is -3.71. The van der Waals surface area contributed by atoms with Gasteiger partial charge in [0.2, 0.25) is 11.9 Å². The highest BCUT2D eigenvalue weighted by molar-refractivity contribution is 6.31. The monoisotopic (exact) mass is 676 g/mol. The van der Waals surface area contributed by atoms with Crippen molar-refractivity contribution in [1.82, 2.24) is 0 Å². The summed E-state index contributed by atoms with van der Waals surface area (Å²) >= 11 is 6.61. The maximum Gasteiger partial charge on any atom is 0.303 e. The van der Waals surface area contributed by atoms with Gasteiger partial charge in [-0.3, -0.25) is 19.2 Å². The number of esters is 4. The summed E-state index contributed by atoms with van der Waals surface area (Å²) in [5, 5.41) is 12.6. The van der Waals surface area contributed by atoms with E-state index in [1.807, 2.05) is 24.3 Å². The van der Waals surface area contributed by atoms with Crippen LogP contribution in [0.25, 0.3) is 0 Å². The van der Waals surface area contributed by atoms with E-state index < -0.39 is 60.7 Å². The number of halogens is 1. The summed E-state index contributed by atoms with van der Waals surface area (Å²) in [6.45, 7) is 4.51. The Labute approximate surface area is 278 Å². The van der Waals surface area contributed by atoms with Gasteiger partial charge >= 0.3 is 23.9 Å². The summed E-state index contributed by atoms with van der Waals surface area (Å²) in [5.41, 5.74) is 1.23. The molecule has 0 amide bonds. The van der Waals surface area contributed by atoms with Crippen molar-refractivity contribution in [2.75, 3.05) is 20.3 Å². The van der Waals surface area contributed by atoms with Crippen LogP contribution in [0.5, 0.6) is 5.75 Å². The Bertz CT molecular complexity index is 1440. The smallest absolute Gasteiger partial charge is 0.303 e. The van der Waals surface area contributed by atoms with Crippen LogP contribution in [0.2, 0.25) is 5.02 Å². The third kappa shape index (κ3) is 9.01. The summed E-state index contributed by atoms with van der Waals surface area (Å²) in [6.07, 6.45) is -1.66. The predicted octanol–water partition coefficient (Wildman–Crippen LogP) is 4.17. The fraction of sp³-hybridized carbons (Fsp3) is 0.529. The lowest BCUT2D eigenvalue weighted by Crippen LogP contribution is -2.66. The minimum absolute atomic E-state index is 0.0945. The molecule has 4 rings (SSSR count). The van der Waals surface area contributed by atoms with E-state index >= 15 is 0 Å². The molecule has 1 aliphatic heterocycles. The van der Waals surface area contributed by atoms with E-state index in [-0.39, 0.29) is 11.2 Å². The second kappa shape index (κ2) is 15.5. The highest BCUT2D eigenvalue weighted by Gasteiger charge is 2.60. The van der Waals surface area contributed by atoms with E-state index in [0.717, 1.165) is 64.7 Å². The molecule has 5 atom stereocenters. The van der Waals surface area contributed by atoms with Gasteiger partial charge in [-0.25, -0.2) is 0 Å². The molecule has 1 saturated carbocycles. The minimum Gasteiger partial charge on any atom is -0.485 e. The van der Waals surface area contributed by atoms with Crippen molar-refractivity contribution in [3.05, 3.63) is 64.2 Å². The summed E-state index contributed by atoms with van der Waals surface area (Å²) in [6, 6.07) is 12.2. The Morgan fingerprint density at radius 2 is 1.49 bits per heavy atom. The van der Waals surface area contributed by atoms with Gasteiger partial charge in [0.15, 0.2) is 12.2 Å². The van der Waals surface area contributed by atoms with Crippen molar-refractivity contribution >= 4 is 35.5 Å². The number of benzene rings is 2. The Morgan fingerprint density at radius 3 is 2.06 bits per heavy atom. The first-order chi connectivity index (χ1) is 22.2. The van der Waals surface area contributed by atoms with Gasteiger partial charge in [0.1, 0.15) is 24.1 Å². The normalized spacial score (nSPS) is 25.0. The average Bonchev–Trinajstić information content (AvgIpc) is 3.45. The second-order valence-corrected chi connectivity index (χ2v) is 12.3. The van der Waals surface area contributed by atoms with E-state index in [1.54, 1.807) is 19.2 Å². The Morgan fingerprint density at radius 1 is 0.872 bits per heavy atom. The molecule has 1 heterocycles. The molecule has 13 heteroatoms. The molecular weight excluding hydrogens is 636 g/mol. The lowest BCUT2D eigenvalue weighted by molar-refractivity contribution is -0.360. The molecule has 0 unspecified atom stereocenters. The molecule has 0 bridgehead atoms. The maximum absolute atomic E-state index is 12.3. The third-order valence-corrected chi connectivity index (χ3v) is 8.46. The van der Waals surface area contributed by atoms with Crippen LogP contribution in [-0.4, -0.2) is 79.3 Å².